The van der Waals surface area contributed by atoms with Crippen LogP contribution in [0.1, 0.15) is 0 Å². The lowest BCUT2D eigenvalue weighted by Crippen LogP contribution is -2.48. The summed E-state index contributed by atoms with van der Waals surface area (Å²) < 4.78 is 10.9. The third-order valence-corrected chi connectivity index (χ3v) is 8.03. The van der Waals surface area contributed by atoms with Gasteiger partial charge >= 0.3 is 5.37 Å². The number of halogens is 1. The van der Waals surface area contributed by atoms with Crippen molar-refractivity contribution >= 4 is 39.7 Å². The van der Waals surface area contributed by atoms with E-state index in [1.807, 2.05) is 0 Å². The van der Waals surface area contributed by atoms with Crippen molar-refractivity contribution in [3.63, 3.8) is 0 Å². The first kappa shape index (κ1) is 27.8. The highest BCUT2D eigenvalue weighted by Crippen LogP contribution is 2.31. The number of ether oxygens (including phenoxy) is 2. The topological polar surface area (TPSA) is 63.8 Å². The van der Waals surface area contributed by atoms with E-state index in [-0.39, 0.29) is 5.37 Å². The van der Waals surface area contributed by atoms with Crippen molar-refractivity contribution in [1.29, 1.82) is 0 Å². The third kappa shape index (κ3) is 7.28. The molecule has 10 heteroatoms. The van der Waals surface area contributed by atoms with Gasteiger partial charge in [-0.25, -0.2) is 0 Å². The highest BCUT2D eigenvalue weighted by molar-refractivity contribution is 6.62. The van der Waals surface area contributed by atoms with Crippen LogP contribution in [0.2, 0.25) is 0 Å². The maximum absolute atomic E-state index is 11.2. The number of nitrogens with one attached hydrogen (secondary N) is 1. The van der Waals surface area contributed by atoms with Gasteiger partial charge in [0.05, 0.1) is 49.2 Å². The van der Waals surface area contributed by atoms with Gasteiger partial charge in [-0.1, -0.05) is 24.3 Å². The van der Waals surface area contributed by atoms with Gasteiger partial charge < -0.3 is 39.3 Å². The number of para-hydroxylation sites is 4. The standard InChI is InChI=1S/C15H20ClN3O2.C14H21N3O/c16-15(20)19-7-5-17(6-8-19)13-3-1-2-4-14(13)18-9-11-21-12-10-18;1-2-4-14(17-9-11-18-12-10-17)13(3-1)16-7-5-15-6-8-16/h1-4H,5-12H2;1-4,15H,5-12H2. The summed E-state index contributed by atoms with van der Waals surface area (Å²) in [5.41, 5.74) is 5.23. The van der Waals surface area contributed by atoms with Crippen LogP contribution in [0.15, 0.2) is 48.5 Å². The number of benzene rings is 2. The monoisotopic (exact) mass is 556 g/mol. The number of anilines is 4. The highest BCUT2D eigenvalue weighted by Gasteiger charge is 2.23. The molecule has 0 radical (unpaired) electrons. The van der Waals surface area contributed by atoms with Gasteiger partial charge in [0.15, 0.2) is 0 Å². The molecule has 0 atom stereocenters. The molecule has 2 aromatic carbocycles. The first-order chi connectivity index (χ1) is 19.2. The molecule has 9 nitrogen and oxygen atoms in total. The first-order valence-electron chi connectivity index (χ1n) is 14.2. The number of morpholine rings is 2. The number of hydrogen-bond acceptors (Lipinski definition) is 8. The van der Waals surface area contributed by atoms with Crippen molar-refractivity contribution in [2.45, 2.75) is 0 Å². The van der Waals surface area contributed by atoms with Crippen LogP contribution in [-0.4, -0.2) is 115 Å². The van der Waals surface area contributed by atoms with Crippen molar-refractivity contribution in [3.8, 4) is 0 Å². The number of carbonyl (C=O) groups is 1. The molecule has 0 spiro atoms. The van der Waals surface area contributed by atoms with Crippen molar-refractivity contribution in [3.05, 3.63) is 48.5 Å². The van der Waals surface area contributed by atoms with Crippen molar-refractivity contribution in [2.75, 3.05) is 125 Å². The molecule has 1 amide bonds. The van der Waals surface area contributed by atoms with Gasteiger partial charge in [-0.15, -0.1) is 0 Å². The number of nitrogens with zero attached hydrogens (tertiary/aromatic N) is 5. The summed E-state index contributed by atoms with van der Waals surface area (Å²) >= 11 is 5.55. The van der Waals surface area contributed by atoms with E-state index in [2.05, 4.69) is 73.4 Å². The van der Waals surface area contributed by atoms with Gasteiger partial charge in [0.1, 0.15) is 0 Å². The molecule has 212 valence electrons. The van der Waals surface area contributed by atoms with E-state index in [4.69, 9.17) is 21.1 Å². The Hall–Kier alpha value is -2.72. The van der Waals surface area contributed by atoms with Crippen LogP contribution in [0.25, 0.3) is 0 Å². The van der Waals surface area contributed by atoms with Crippen molar-refractivity contribution in [1.82, 2.24) is 10.2 Å². The zero-order chi connectivity index (χ0) is 26.9. The number of rotatable bonds is 4. The lowest BCUT2D eigenvalue weighted by atomic mass is 10.2. The van der Waals surface area contributed by atoms with E-state index in [1.165, 1.54) is 22.7 Å². The molecular formula is C29H41ClN6O3. The molecule has 6 rings (SSSR count). The van der Waals surface area contributed by atoms with Crippen LogP contribution < -0.4 is 24.9 Å². The highest BCUT2D eigenvalue weighted by atomic mass is 35.5. The molecule has 0 aliphatic carbocycles. The second kappa shape index (κ2) is 14.1. The molecule has 4 aliphatic heterocycles. The molecule has 0 aromatic heterocycles. The van der Waals surface area contributed by atoms with Crippen LogP contribution in [0.5, 0.6) is 0 Å². The van der Waals surface area contributed by atoms with Crippen LogP contribution in [-0.2, 0) is 9.47 Å². The smallest absolute Gasteiger partial charge is 0.316 e. The molecule has 0 saturated carbocycles. The number of amides is 1. The fourth-order valence-corrected chi connectivity index (χ4v) is 5.80. The van der Waals surface area contributed by atoms with Gasteiger partial charge in [0, 0.05) is 78.5 Å². The molecule has 39 heavy (non-hydrogen) atoms. The number of hydrogen-bond donors (Lipinski definition) is 1. The van der Waals surface area contributed by atoms with Crippen LogP contribution >= 0.6 is 11.6 Å². The van der Waals surface area contributed by atoms with E-state index in [1.54, 1.807) is 4.90 Å². The Bertz CT molecular complexity index is 1010. The summed E-state index contributed by atoms with van der Waals surface area (Å²) in [6.07, 6.45) is 0. The zero-order valence-corrected chi connectivity index (χ0v) is 23.5. The Morgan fingerprint density at radius 3 is 1.31 bits per heavy atom. The van der Waals surface area contributed by atoms with Gasteiger partial charge in [0.25, 0.3) is 0 Å². The number of piperazine rings is 2. The molecule has 4 heterocycles. The Balaban J connectivity index is 0.000000160. The Morgan fingerprint density at radius 1 is 0.564 bits per heavy atom. The van der Waals surface area contributed by atoms with E-state index < -0.39 is 0 Å². The molecule has 2 aromatic rings. The van der Waals surface area contributed by atoms with E-state index >= 15 is 0 Å². The van der Waals surface area contributed by atoms with Crippen LogP contribution in [0, 0.1) is 0 Å². The van der Waals surface area contributed by atoms with Gasteiger partial charge in [-0.3, -0.25) is 4.79 Å². The quantitative estimate of drug-likeness (QED) is 0.456. The Labute approximate surface area is 237 Å². The normalized spacial score (nSPS) is 20.4. The predicted molar refractivity (Wildman–Crippen MR) is 159 cm³/mol. The summed E-state index contributed by atoms with van der Waals surface area (Å²) in [5.74, 6) is 0. The fourth-order valence-electron chi connectivity index (χ4n) is 5.64. The molecule has 4 fully saturated rings. The Kier molecular flexibility index (Phi) is 10.0. The molecule has 0 bridgehead atoms. The third-order valence-electron chi connectivity index (χ3n) is 7.79. The van der Waals surface area contributed by atoms with Crippen molar-refractivity contribution < 1.29 is 14.3 Å². The second-order valence-corrected chi connectivity index (χ2v) is 10.5. The molecule has 4 aliphatic rings. The average molecular weight is 557 g/mol. The van der Waals surface area contributed by atoms with E-state index in [0.717, 1.165) is 91.9 Å². The maximum atomic E-state index is 11.2. The summed E-state index contributed by atoms with van der Waals surface area (Å²) in [6.45, 7) is 14.5. The fraction of sp³-hybridized carbons (Fsp3) is 0.552. The largest absolute Gasteiger partial charge is 0.378 e. The SMILES string of the molecule is O=C(Cl)N1CCN(c2ccccc2N2CCOCC2)CC1.c1ccc(N2CCOCC2)c(N2CCNCC2)c1. The summed E-state index contributed by atoms with van der Waals surface area (Å²) in [4.78, 5) is 22.5. The Morgan fingerprint density at radius 2 is 0.923 bits per heavy atom. The first-order valence-corrected chi connectivity index (χ1v) is 14.6. The summed E-state index contributed by atoms with van der Waals surface area (Å²) in [7, 11) is 0. The van der Waals surface area contributed by atoms with Crippen LogP contribution in [0.4, 0.5) is 27.5 Å². The maximum Gasteiger partial charge on any atom is 0.316 e. The lowest BCUT2D eigenvalue weighted by molar-refractivity contribution is 0.122. The van der Waals surface area contributed by atoms with E-state index in [9.17, 15) is 4.79 Å². The second-order valence-electron chi connectivity index (χ2n) is 10.1. The predicted octanol–water partition coefficient (Wildman–Crippen LogP) is 2.94. The van der Waals surface area contributed by atoms with Gasteiger partial charge in [-0.2, -0.15) is 0 Å². The molecular weight excluding hydrogens is 516 g/mol. The van der Waals surface area contributed by atoms with Crippen LogP contribution in [0.3, 0.4) is 0 Å². The molecule has 4 saturated heterocycles. The lowest BCUT2D eigenvalue weighted by Gasteiger charge is -2.38. The zero-order valence-electron chi connectivity index (χ0n) is 22.8. The summed E-state index contributed by atoms with van der Waals surface area (Å²) in [5, 5.41) is 3.06. The number of carbonyl (C=O) groups excluding carboxylic acids is 1. The van der Waals surface area contributed by atoms with Gasteiger partial charge in [-0.05, 0) is 35.9 Å². The minimum absolute atomic E-state index is 0.351. The van der Waals surface area contributed by atoms with Crippen molar-refractivity contribution in [2.24, 2.45) is 0 Å². The van der Waals surface area contributed by atoms with E-state index in [0.29, 0.717) is 13.1 Å². The molecule has 1 N–H and O–H groups in total. The minimum Gasteiger partial charge on any atom is -0.378 e. The molecule has 0 unspecified atom stereocenters. The van der Waals surface area contributed by atoms with Gasteiger partial charge in [0.2, 0.25) is 0 Å². The minimum atomic E-state index is -0.351. The average Bonchev–Trinajstić information content (AvgIpc) is 3.03. The summed E-state index contributed by atoms with van der Waals surface area (Å²) in [6, 6.07) is 17.2.